The van der Waals surface area contributed by atoms with Gasteiger partial charge in [0.1, 0.15) is 11.3 Å². The molecule has 0 saturated carbocycles. The van der Waals surface area contributed by atoms with Gasteiger partial charge in [-0.15, -0.1) is 0 Å². The molecule has 1 heterocycles. The molecular weight excluding hydrogens is 378 g/mol. The van der Waals surface area contributed by atoms with Crippen LogP contribution in [0.5, 0.6) is 11.6 Å². The molecule has 0 fully saturated rings. The summed E-state index contributed by atoms with van der Waals surface area (Å²) >= 11 is 0. The van der Waals surface area contributed by atoms with Crippen molar-refractivity contribution in [3.63, 3.8) is 0 Å². The Morgan fingerprint density at radius 2 is 1.89 bits per heavy atom. The van der Waals surface area contributed by atoms with Gasteiger partial charge in [-0.2, -0.15) is 4.98 Å². The van der Waals surface area contributed by atoms with E-state index in [1.807, 2.05) is 32.0 Å². The van der Waals surface area contributed by atoms with Gasteiger partial charge in [0.25, 0.3) is 5.91 Å². The minimum Gasteiger partial charge on any atom is -0.438 e. The second kappa shape index (κ2) is 9.27. The molecule has 0 aliphatic rings. The summed E-state index contributed by atoms with van der Waals surface area (Å²) in [4.78, 5) is 21.2. The van der Waals surface area contributed by atoms with Crippen LogP contribution >= 0.6 is 0 Å². The molecule has 7 nitrogen and oxygen atoms in total. The molecule has 0 aliphatic heterocycles. The molecule has 1 aromatic carbocycles. The fourth-order valence-electron chi connectivity index (χ4n) is 2.13. The van der Waals surface area contributed by atoms with Crippen LogP contribution in [0.25, 0.3) is 6.08 Å². The number of allylic oxidation sites excluding steroid dienone is 1. The number of nitrogens with zero attached hydrogens (tertiary/aromatic N) is 2. The summed E-state index contributed by atoms with van der Waals surface area (Å²) in [6.07, 6.45) is 5.64. The van der Waals surface area contributed by atoms with Crippen LogP contribution in [-0.4, -0.2) is 36.6 Å². The van der Waals surface area contributed by atoms with Crippen LogP contribution in [-0.2, 0) is 9.84 Å². The van der Waals surface area contributed by atoms with Gasteiger partial charge < -0.3 is 10.1 Å². The number of para-hydroxylation sites is 1. The molecular formula is C20H23N3O4S. The number of carbonyl (C=O) groups is 1. The Balaban J connectivity index is 2.32. The molecule has 2 aromatic rings. The number of aromatic nitrogens is 2. The van der Waals surface area contributed by atoms with E-state index in [0.29, 0.717) is 11.6 Å². The Labute approximate surface area is 165 Å². The molecule has 2 rings (SSSR count). The van der Waals surface area contributed by atoms with Crippen molar-refractivity contribution in [2.24, 2.45) is 0 Å². The normalized spacial score (nSPS) is 12.4. The highest BCUT2D eigenvalue weighted by Gasteiger charge is 2.18. The average molecular weight is 401 g/mol. The molecule has 1 atom stereocenters. The largest absolute Gasteiger partial charge is 0.438 e. The van der Waals surface area contributed by atoms with Gasteiger partial charge in [0, 0.05) is 23.9 Å². The summed E-state index contributed by atoms with van der Waals surface area (Å²) in [5.41, 5.74) is 1.15. The summed E-state index contributed by atoms with van der Waals surface area (Å²) < 4.78 is 28.3. The van der Waals surface area contributed by atoms with Crippen molar-refractivity contribution < 1.29 is 17.9 Å². The van der Waals surface area contributed by atoms with E-state index in [0.717, 1.165) is 17.2 Å². The first-order chi connectivity index (χ1) is 13.1. The van der Waals surface area contributed by atoms with Crippen molar-refractivity contribution in [3.8, 4) is 11.6 Å². The minimum atomic E-state index is -3.27. The third-order valence-corrected chi connectivity index (χ3v) is 4.02. The van der Waals surface area contributed by atoms with E-state index < -0.39 is 21.8 Å². The molecule has 8 heteroatoms. The van der Waals surface area contributed by atoms with Gasteiger partial charge in [0.2, 0.25) is 5.88 Å². The molecule has 1 N–H and O–H groups in total. The maximum absolute atomic E-state index is 12.7. The van der Waals surface area contributed by atoms with Crippen LogP contribution in [0.3, 0.4) is 0 Å². The molecule has 1 amide bonds. The highest BCUT2D eigenvalue weighted by Crippen LogP contribution is 2.23. The SMILES string of the molecule is CC(C)=Cc1ncc(C(=O)NC(C)C=CS(C)(=O)=O)c(Oc2ccccc2)n1. The molecule has 28 heavy (non-hydrogen) atoms. The third-order valence-electron chi connectivity index (χ3n) is 3.37. The van der Waals surface area contributed by atoms with Gasteiger partial charge in [-0.25, -0.2) is 13.4 Å². The minimum absolute atomic E-state index is 0.116. The number of ether oxygens (including phenoxy) is 1. The molecule has 148 valence electrons. The maximum Gasteiger partial charge on any atom is 0.258 e. The van der Waals surface area contributed by atoms with E-state index in [1.54, 1.807) is 25.1 Å². The molecule has 1 aromatic heterocycles. The predicted molar refractivity (Wildman–Crippen MR) is 109 cm³/mol. The fraction of sp³-hybridized carbons (Fsp3) is 0.250. The second-order valence-electron chi connectivity index (χ2n) is 6.50. The van der Waals surface area contributed by atoms with E-state index in [4.69, 9.17) is 4.74 Å². The lowest BCUT2D eigenvalue weighted by atomic mass is 10.2. The number of benzene rings is 1. The van der Waals surface area contributed by atoms with Crippen LogP contribution in [0.1, 0.15) is 37.0 Å². The highest BCUT2D eigenvalue weighted by molar-refractivity contribution is 7.93. The Hall–Kier alpha value is -3.00. The summed E-state index contributed by atoms with van der Waals surface area (Å²) in [6, 6.07) is 8.47. The molecule has 0 bridgehead atoms. The topological polar surface area (TPSA) is 98.2 Å². The number of carbonyl (C=O) groups excluding carboxylic acids is 1. The zero-order valence-electron chi connectivity index (χ0n) is 16.2. The molecule has 0 spiro atoms. The highest BCUT2D eigenvalue weighted by atomic mass is 32.2. The summed E-state index contributed by atoms with van der Waals surface area (Å²) in [7, 11) is -3.27. The maximum atomic E-state index is 12.7. The Morgan fingerprint density at radius 3 is 2.50 bits per heavy atom. The van der Waals surface area contributed by atoms with Gasteiger partial charge in [0.15, 0.2) is 15.7 Å². The summed E-state index contributed by atoms with van der Waals surface area (Å²) in [5, 5.41) is 3.74. The monoisotopic (exact) mass is 401 g/mol. The number of hydrogen-bond acceptors (Lipinski definition) is 6. The lowest BCUT2D eigenvalue weighted by molar-refractivity contribution is 0.0943. The quantitative estimate of drug-likeness (QED) is 0.764. The number of sulfone groups is 1. The summed E-state index contributed by atoms with van der Waals surface area (Å²) in [6.45, 7) is 5.49. The third kappa shape index (κ3) is 6.96. The molecule has 0 radical (unpaired) electrons. The smallest absolute Gasteiger partial charge is 0.258 e. The predicted octanol–water partition coefficient (Wildman–Crippen LogP) is 3.37. The molecule has 0 saturated heterocycles. The van der Waals surface area contributed by atoms with E-state index >= 15 is 0 Å². The van der Waals surface area contributed by atoms with Crippen molar-refractivity contribution in [3.05, 3.63) is 65.0 Å². The summed E-state index contributed by atoms with van der Waals surface area (Å²) in [5.74, 6) is 0.599. The number of rotatable bonds is 7. The standard InChI is InChI=1S/C20H23N3O4S/c1-14(2)12-18-21-13-17(19(24)22-15(3)10-11-28(4,25)26)20(23-18)27-16-8-6-5-7-9-16/h5-13,15H,1-4H3,(H,22,24). The second-order valence-corrected chi connectivity index (χ2v) is 8.44. The first-order valence-electron chi connectivity index (χ1n) is 8.58. The number of amides is 1. The Bertz CT molecular complexity index is 995. The zero-order chi connectivity index (χ0) is 20.7. The van der Waals surface area contributed by atoms with Crippen LogP contribution in [0, 0.1) is 0 Å². The van der Waals surface area contributed by atoms with Crippen molar-refractivity contribution in [2.75, 3.05) is 6.26 Å². The van der Waals surface area contributed by atoms with Crippen molar-refractivity contribution in [2.45, 2.75) is 26.8 Å². The molecule has 0 aliphatic carbocycles. The Morgan fingerprint density at radius 1 is 1.21 bits per heavy atom. The first kappa shape index (κ1) is 21.3. The van der Waals surface area contributed by atoms with Crippen LogP contribution < -0.4 is 10.1 Å². The number of hydrogen-bond donors (Lipinski definition) is 1. The zero-order valence-corrected chi connectivity index (χ0v) is 17.0. The Kier molecular flexibility index (Phi) is 7.06. The van der Waals surface area contributed by atoms with E-state index in [1.165, 1.54) is 12.3 Å². The van der Waals surface area contributed by atoms with Crippen molar-refractivity contribution in [1.29, 1.82) is 0 Å². The van der Waals surface area contributed by atoms with E-state index in [9.17, 15) is 13.2 Å². The lowest BCUT2D eigenvalue weighted by Gasteiger charge is -2.13. The lowest BCUT2D eigenvalue weighted by Crippen LogP contribution is -2.31. The number of nitrogens with one attached hydrogen (secondary N) is 1. The van der Waals surface area contributed by atoms with Crippen LogP contribution in [0.15, 0.2) is 53.6 Å². The van der Waals surface area contributed by atoms with E-state index in [-0.39, 0.29) is 11.4 Å². The average Bonchev–Trinajstić information content (AvgIpc) is 2.60. The van der Waals surface area contributed by atoms with Crippen LogP contribution in [0.2, 0.25) is 0 Å². The van der Waals surface area contributed by atoms with Gasteiger partial charge in [-0.3, -0.25) is 4.79 Å². The van der Waals surface area contributed by atoms with Gasteiger partial charge in [0.05, 0.1) is 0 Å². The van der Waals surface area contributed by atoms with Crippen molar-refractivity contribution >= 4 is 21.8 Å². The first-order valence-corrected chi connectivity index (χ1v) is 10.5. The van der Waals surface area contributed by atoms with Crippen LogP contribution in [0.4, 0.5) is 0 Å². The molecule has 1 unspecified atom stereocenters. The fourth-order valence-corrected chi connectivity index (χ4v) is 2.65. The van der Waals surface area contributed by atoms with Gasteiger partial charge in [-0.1, -0.05) is 29.8 Å². The van der Waals surface area contributed by atoms with Crippen molar-refractivity contribution in [1.82, 2.24) is 15.3 Å². The van der Waals surface area contributed by atoms with Gasteiger partial charge in [-0.05, 0) is 39.0 Å². The van der Waals surface area contributed by atoms with Gasteiger partial charge >= 0.3 is 0 Å². The van der Waals surface area contributed by atoms with E-state index in [2.05, 4.69) is 15.3 Å².